The summed E-state index contributed by atoms with van der Waals surface area (Å²) in [6, 6.07) is 10.3. The Balaban J connectivity index is 1.59. The van der Waals surface area contributed by atoms with Gasteiger partial charge >= 0.3 is 5.97 Å². The van der Waals surface area contributed by atoms with Crippen LogP contribution in [-0.4, -0.2) is 25.2 Å². The fourth-order valence-corrected chi connectivity index (χ4v) is 3.54. The number of fused-ring (bicyclic) bond motifs is 1. The van der Waals surface area contributed by atoms with Crippen molar-refractivity contribution in [2.24, 2.45) is 0 Å². The van der Waals surface area contributed by atoms with Crippen LogP contribution in [-0.2, 0) is 22.4 Å². The van der Waals surface area contributed by atoms with Gasteiger partial charge in [-0.25, -0.2) is 4.79 Å². The van der Waals surface area contributed by atoms with Crippen molar-refractivity contribution in [3.05, 3.63) is 63.1 Å². The number of ether oxygens (including phenoxy) is 1. The molecule has 1 unspecified atom stereocenters. The Morgan fingerprint density at radius 1 is 1.23 bits per heavy atom. The third-order valence-corrected chi connectivity index (χ3v) is 4.80. The number of esters is 1. The van der Waals surface area contributed by atoms with E-state index in [-0.39, 0.29) is 18.5 Å². The third kappa shape index (κ3) is 4.29. The molecule has 1 amide bonds. The number of carbonyl (C=O) groups is 2. The number of hydrogen-bond acceptors (Lipinski definition) is 4. The zero-order chi connectivity index (χ0) is 18.7. The Hall–Kier alpha value is -2.24. The monoisotopic (exact) mass is 392 g/mol. The van der Waals surface area contributed by atoms with Crippen molar-refractivity contribution in [2.75, 3.05) is 12.4 Å². The molecule has 2 N–H and O–H groups in total. The maximum Gasteiger partial charge on any atom is 0.337 e. The third-order valence-electron chi connectivity index (χ3n) is 4.25. The second-order valence-electron chi connectivity index (χ2n) is 6.08. The van der Waals surface area contributed by atoms with Crippen LogP contribution in [0.1, 0.15) is 27.9 Å². The van der Waals surface area contributed by atoms with Crippen LogP contribution < -0.4 is 10.6 Å². The van der Waals surface area contributed by atoms with Gasteiger partial charge in [0.05, 0.1) is 25.3 Å². The molecule has 2 aromatic carbocycles. The van der Waals surface area contributed by atoms with Crippen LogP contribution in [0.4, 0.5) is 5.69 Å². The van der Waals surface area contributed by atoms with E-state index in [9.17, 15) is 9.59 Å². The van der Waals surface area contributed by atoms with E-state index >= 15 is 0 Å². The topological polar surface area (TPSA) is 67.4 Å². The van der Waals surface area contributed by atoms with Crippen LogP contribution in [0.25, 0.3) is 0 Å². The summed E-state index contributed by atoms with van der Waals surface area (Å²) in [5.74, 6) is -0.506. The molecule has 7 heteroatoms. The van der Waals surface area contributed by atoms with Gasteiger partial charge in [-0.05, 0) is 48.2 Å². The molecule has 2 aromatic rings. The van der Waals surface area contributed by atoms with E-state index in [0.717, 1.165) is 29.7 Å². The molecule has 26 heavy (non-hydrogen) atoms. The molecule has 0 saturated heterocycles. The predicted octanol–water partition coefficient (Wildman–Crippen LogP) is 3.82. The van der Waals surface area contributed by atoms with Gasteiger partial charge in [-0.1, -0.05) is 35.3 Å². The Bertz CT molecular complexity index is 837. The van der Waals surface area contributed by atoms with Crippen LogP contribution in [0.15, 0.2) is 36.4 Å². The quantitative estimate of drug-likeness (QED) is 0.775. The summed E-state index contributed by atoms with van der Waals surface area (Å²) in [6.45, 7) is 0. The molecule has 136 valence electrons. The van der Waals surface area contributed by atoms with Gasteiger partial charge in [0, 0.05) is 15.7 Å². The Morgan fingerprint density at radius 3 is 2.65 bits per heavy atom. The number of rotatable bonds is 4. The lowest BCUT2D eigenvalue weighted by atomic mass is 10.0. The van der Waals surface area contributed by atoms with E-state index < -0.39 is 5.97 Å². The summed E-state index contributed by atoms with van der Waals surface area (Å²) in [5.41, 5.74) is 3.13. The molecular weight excluding hydrogens is 375 g/mol. The fourth-order valence-electron chi connectivity index (χ4n) is 2.95. The number of hydrogen-bond donors (Lipinski definition) is 2. The normalized spacial score (nSPS) is 15.6. The van der Waals surface area contributed by atoms with Crippen LogP contribution in [0.3, 0.4) is 0 Å². The minimum absolute atomic E-state index is 0.107. The van der Waals surface area contributed by atoms with Crippen molar-refractivity contribution in [3.63, 3.8) is 0 Å². The Kier molecular flexibility index (Phi) is 5.69. The summed E-state index contributed by atoms with van der Waals surface area (Å²) in [5, 5.41) is 7.42. The molecule has 0 saturated carbocycles. The average Bonchev–Trinajstić information content (AvgIpc) is 2.61. The first-order valence-corrected chi connectivity index (χ1v) is 8.93. The number of nitrogens with one attached hydrogen (secondary N) is 2. The standard InChI is InChI=1S/C19H18Cl2N2O3/c1-26-19(25)12-4-2-11(3-5-12)8-18(24)23-17-7-6-14-15(21)9-13(20)10-16(14)22-17/h2-5,9-10,17,22H,6-8H2,1H3,(H,23,24). The lowest BCUT2D eigenvalue weighted by molar-refractivity contribution is -0.121. The van der Waals surface area contributed by atoms with Crippen molar-refractivity contribution < 1.29 is 14.3 Å². The van der Waals surface area contributed by atoms with Gasteiger partial charge in [0.15, 0.2) is 0 Å². The molecule has 1 aliphatic heterocycles. The summed E-state index contributed by atoms with van der Waals surface area (Å²) in [7, 11) is 1.33. The number of methoxy groups -OCH3 is 1. The molecule has 0 aliphatic carbocycles. The summed E-state index contributed by atoms with van der Waals surface area (Å²) < 4.78 is 4.66. The van der Waals surface area contributed by atoms with E-state index in [1.807, 2.05) is 6.07 Å². The molecule has 0 spiro atoms. The molecule has 0 bridgehead atoms. The molecule has 0 radical (unpaired) electrons. The van der Waals surface area contributed by atoms with Gasteiger partial charge in [-0.15, -0.1) is 0 Å². The molecule has 5 nitrogen and oxygen atoms in total. The summed E-state index contributed by atoms with van der Waals surface area (Å²) >= 11 is 12.3. The van der Waals surface area contributed by atoms with Crippen LogP contribution in [0.2, 0.25) is 10.0 Å². The lowest BCUT2D eigenvalue weighted by Crippen LogP contribution is -2.43. The summed E-state index contributed by atoms with van der Waals surface area (Å²) in [6.07, 6.45) is 1.54. The Morgan fingerprint density at radius 2 is 1.96 bits per heavy atom. The molecular formula is C19H18Cl2N2O3. The number of amides is 1. The molecule has 0 aromatic heterocycles. The zero-order valence-electron chi connectivity index (χ0n) is 14.1. The van der Waals surface area contributed by atoms with E-state index in [4.69, 9.17) is 23.2 Å². The first kappa shape index (κ1) is 18.5. The van der Waals surface area contributed by atoms with Crippen molar-refractivity contribution in [2.45, 2.75) is 25.4 Å². The van der Waals surface area contributed by atoms with Crippen LogP contribution in [0, 0.1) is 0 Å². The summed E-state index contributed by atoms with van der Waals surface area (Å²) in [4.78, 5) is 23.7. The second-order valence-corrected chi connectivity index (χ2v) is 6.93. The van der Waals surface area contributed by atoms with Crippen molar-refractivity contribution >= 4 is 40.8 Å². The van der Waals surface area contributed by atoms with Crippen molar-refractivity contribution in [3.8, 4) is 0 Å². The largest absolute Gasteiger partial charge is 0.465 e. The van der Waals surface area contributed by atoms with Crippen molar-refractivity contribution in [1.82, 2.24) is 5.32 Å². The number of benzene rings is 2. The van der Waals surface area contributed by atoms with Crippen LogP contribution >= 0.6 is 23.2 Å². The van der Waals surface area contributed by atoms with E-state index in [1.165, 1.54) is 7.11 Å². The minimum Gasteiger partial charge on any atom is -0.465 e. The lowest BCUT2D eigenvalue weighted by Gasteiger charge is -2.28. The highest BCUT2D eigenvalue weighted by Crippen LogP contribution is 2.33. The van der Waals surface area contributed by atoms with Gasteiger partial charge < -0.3 is 15.4 Å². The highest BCUT2D eigenvalue weighted by molar-refractivity contribution is 6.35. The highest BCUT2D eigenvalue weighted by Gasteiger charge is 2.21. The number of halogens is 2. The highest BCUT2D eigenvalue weighted by atomic mass is 35.5. The second kappa shape index (κ2) is 7.98. The van der Waals surface area contributed by atoms with Crippen LogP contribution in [0.5, 0.6) is 0 Å². The van der Waals surface area contributed by atoms with Gasteiger partial charge in [-0.3, -0.25) is 4.79 Å². The van der Waals surface area contributed by atoms with Gasteiger partial charge in [0.1, 0.15) is 0 Å². The maximum absolute atomic E-state index is 12.3. The van der Waals surface area contributed by atoms with Gasteiger partial charge in [-0.2, -0.15) is 0 Å². The SMILES string of the molecule is COC(=O)c1ccc(CC(=O)NC2CCc3c(Cl)cc(Cl)cc3N2)cc1. The van der Waals surface area contributed by atoms with Gasteiger partial charge in [0.2, 0.25) is 5.91 Å². The molecule has 0 fully saturated rings. The fraction of sp³-hybridized carbons (Fsp3) is 0.263. The molecule has 3 rings (SSSR count). The zero-order valence-corrected chi connectivity index (χ0v) is 15.7. The van der Waals surface area contributed by atoms with E-state index in [0.29, 0.717) is 15.6 Å². The minimum atomic E-state index is -0.400. The van der Waals surface area contributed by atoms with Gasteiger partial charge in [0.25, 0.3) is 0 Å². The molecule has 1 atom stereocenters. The Labute approximate surface area is 161 Å². The van der Waals surface area contributed by atoms with E-state index in [2.05, 4.69) is 15.4 Å². The molecule has 1 heterocycles. The average molecular weight is 393 g/mol. The maximum atomic E-state index is 12.3. The first-order chi connectivity index (χ1) is 12.5. The smallest absolute Gasteiger partial charge is 0.337 e. The van der Waals surface area contributed by atoms with E-state index in [1.54, 1.807) is 30.3 Å². The number of carbonyl (C=O) groups excluding carboxylic acids is 2. The predicted molar refractivity (Wildman–Crippen MR) is 102 cm³/mol. The molecule has 1 aliphatic rings. The first-order valence-electron chi connectivity index (χ1n) is 8.17. The number of anilines is 1. The van der Waals surface area contributed by atoms with Crippen molar-refractivity contribution in [1.29, 1.82) is 0 Å².